The summed E-state index contributed by atoms with van der Waals surface area (Å²) in [5.41, 5.74) is 2.22. The lowest BCUT2D eigenvalue weighted by Gasteiger charge is -2.34. The smallest absolute Gasteiger partial charge is 0.312 e. The molecule has 2 heterocycles. The number of para-hydroxylation sites is 1. The minimum absolute atomic E-state index is 0.0103. The van der Waals surface area contributed by atoms with Crippen molar-refractivity contribution < 1.29 is 14.7 Å². The Balaban J connectivity index is 1.58. The Morgan fingerprint density at radius 3 is 1.97 bits per heavy atom. The van der Waals surface area contributed by atoms with E-state index >= 15 is 0 Å². The largest absolute Gasteiger partial charge is 0.481 e. The van der Waals surface area contributed by atoms with Crippen LogP contribution in [-0.2, 0) is 9.59 Å². The summed E-state index contributed by atoms with van der Waals surface area (Å²) in [5.74, 6) is -1.50. The molecule has 2 saturated heterocycles. The van der Waals surface area contributed by atoms with Gasteiger partial charge in [-0.3, -0.25) is 24.3 Å². The number of carbonyl (C=O) groups is 2. The molecule has 1 amide bonds. The van der Waals surface area contributed by atoms with E-state index in [4.69, 9.17) is 0 Å². The quantitative estimate of drug-likeness (QED) is 0.621. The third-order valence-electron chi connectivity index (χ3n) is 7.08. The molecule has 8 nitrogen and oxygen atoms in total. The second-order valence-corrected chi connectivity index (χ2v) is 9.73. The fourth-order valence-corrected chi connectivity index (χ4v) is 4.78. The summed E-state index contributed by atoms with van der Waals surface area (Å²) in [5, 5.41) is 10.1. The second-order valence-electron chi connectivity index (χ2n) is 9.73. The van der Waals surface area contributed by atoms with Crippen LogP contribution < -0.4 is 4.90 Å². The Labute approximate surface area is 208 Å². The molecule has 2 fully saturated rings. The molecule has 4 rings (SSSR count). The minimum atomic E-state index is -0.837. The Morgan fingerprint density at radius 2 is 1.37 bits per heavy atom. The number of rotatable bonds is 8. The molecule has 8 heteroatoms. The topological polar surface area (TPSA) is 70.6 Å². The lowest BCUT2D eigenvalue weighted by Crippen LogP contribution is -2.48. The highest BCUT2D eigenvalue weighted by molar-refractivity contribution is 6.01. The number of anilines is 2. The van der Waals surface area contributed by atoms with Gasteiger partial charge in [0.2, 0.25) is 5.91 Å². The molecule has 188 valence electrons. The van der Waals surface area contributed by atoms with Crippen molar-refractivity contribution in [3.63, 3.8) is 0 Å². The van der Waals surface area contributed by atoms with E-state index in [9.17, 15) is 14.7 Å². The zero-order valence-corrected chi connectivity index (χ0v) is 20.8. The number of carbonyl (C=O) groups excluding carboxylic acids is 1. The standard InChI is InChI=1S/C27H37N5O3/c1-28-11-15-30(16-12-28)20-25(27(34)35)22-7-6-10-24(19-22)32(23-8-4-3-5-9-23)26(33)21-31-17-13-29(2)14-18-31/h3-10,19,25H,11-18,20-21H2,1-2H3,(H,34,35). The normalized spacial score (nSPS) is 19.4. The summed E-state index contributed by atoms with van der Waals surface area (Å²) in [7, 11) is 4.19. The molecule has 1 unspecified atom stereocenters. The van der Waals surface area contributed by atoms with E-state index in [0.717, 1.165) is 63.6 Å². The highest BCUT2D eigenvalue weighted by Crippen LogP contribution is 2.29. The Morgan fingerprint density at radius 1 is 0.800 bits per heavy atom. The molecule has 1 atom stereocenters. The number of hydrogen-bond donors (Lipinski definition) is 1. The molecule has 1 N–H and O–H groups in total. The summed E-state index contributed by atoms with van der Waals surface area (Å²) in [6.45, 7) is 8.00. The van der Waals surface area contributed by atoms with Crippen LogP contribution in [0.1, 0.15) is 11.5 Å². The molecule has 0 aromatic heterocycles. The molecule has 35 heavy (non-hydrogen) atoms. The van der Waals surface area contributed by atoms with Crippen LogP contribution in [0.15, 0.2) is 54.6 Å². The molecular formula is C27H37N5O3. The first-order chi connectivity index (χ1) is 16.9. The third kappa shape index (κ3) is 6.67. The summed E-state index contributed by atoms with van der Waals surface area (Å²) in [4.78, 5) is 36.6. The van der Waals surface area contributed by atoms with Gasteiger partial charge in [0.15, 0.2) is 0 Å². The lowest BCUT2D eigenvalue weighted by molar-refractivity contribution is -0.139. The number of carboxylic acid groups (broad SMARTS) is 1. The number of nitrogens with zero attached hydrogens (tertiary/aromatic N) is 5. The molecule has 0 bridgehead atoms. The zero-order chi connectivity index (χ0) is 24.8. The van der Waals surface area contributed by atoms with Gasteiger partial charge in [0.05, 0.1) is 12.5 Å². The maximum absolute atomic E-state index is 13.6. The molecule has 2 aromatic carbocycles. The fraction of sp³-hybridized carbons (Fsp3) is 0.481. The molecule has 0 saturated carbocycles. The van der Waals surface area contributed by atoms with Gasteiger partial charge in [-0.15, -0.1) is 0 Å². The third-order valence-corrected chi connectivity index (χ3v) is 7.08. The van der Waals surface area contributed by atoms with Crippen LogP contribution in [0.5, 0.6) is 0 Å². The van der Waals surface area contributed by atoms with Crippen LogP contribution in [0.4, 0.5) is 11.4 Å². The van der Waals surface area contributed by atoms with Gasteiger partial charge in [0, 0.05) is 70.3 Å². The predicted molar refractivity (Wildman–Crippen MR) is 138 cm³/mol. The SMILES string of the molecule is CN1CCN(CC(=O)N(c2ccccc2)c2cccc(C(CN3CCN(C)CC3)C(=O)O)c2)CC1. The predicted octanol–water partition coefficient (Wildman–Crippen LogP) is 2.01. The first-order valence-electron chi connectivity index (χ1n) is 12.4. The van der Waals surface area contributed by atoms with Gasteiger partial charge >= 0.3 is 5.97 Å². The Bertz CT molecular complexity index is 985. The summed E-state index contributed by atoms with van der Waals surface area (Å²) in [6, 6.07) is 17.1. The maximum atomic E-state index is 13.6. The van der Waals surface area contributed by atoms with Gasteiger partial charge in [-0.25, -0.2) is 0 Å². The second kappa shape index (κ2) is 11.8. The maximum Gasteiger partial charge on any atom is 0.312 e. The number of piperazine rings is 2. The van der Waals surface area contributed by atoms with E-state index in [0.29, 0.717) is 18.8 Å². The van der Waals surface area contributed by atoms with Gasteiger partial charge in [-0.1, -0.05) is 30.3 Å². The van der Waals surface area contributed by atoms with Gasteiger partial charge in [0.25, 0.3) is 0 Å². The molecule has 2 aliphatic rings. The van der Waals surface area contributed by atoms with Crippen molar-refractivity contribution in [3.05, 3.63) is 60.2 Å². The lowest BCUT2D eigenvalue weighted by atomic mass is 9.97. The molecular weight excluding hydrogens is 442 g/mol. The van der Waals surface area contributed by atoms with Gasteiger partial charge in [-0.05, 0) is 43.9 Å². The van der Waals surface area contributed by atoms with Crippen LogP contribution >= 0.6 is 0 Å². The Kier molecular flexibility index (Phi) is 8.51. The number of carboxylic acids is 1. The number of hydrogen-bond acceptors (Lipinski definition) is 6. The van der Waals surface area contributed by atoms with E-state index in [1.807, 2.05) is 54.6 Å². The van der Waals surface area contributed by atoms with Gasteiger partial charge in [0.1, 0.15) is 0 Å². The van der Waals surface area contributed by atoms with Crippen LogP contribution in [0, 0.1) is 0 Å². The molecule has 0 radical (unpaired) electrons. The van der Waals surface area contributed by atoms with E-state index in [1.165, 1.54) is 0 Å². The summed E-state index contributed by atoms with van der Waals surface area (Å²) < 4.78 is 0. The van der Waals surface area contributed by atoms with E-state index in [-0.39, 0.29) is 5.91 Å². The van der Waals surface area contributed by atoms with Crippen molar-refractivity contribution in [3.8, 4) is 0 Å². The summed E-state index contributed by atoms with van der Waals surface area (Å²) in [6.07, 6.45) is 0. The van der Waals surface area contributed by atoms with Crippen molar-refractivity contribution in [2.45, 2.75) is 5.92 Å². The number of likely N-dealkylation sites (N-methyl/N-ethyl adjacent to an activating group) is 2. The molecule has 0 aliphatic carbocycles. The monoisotopic (exact) mass is 479 g/mol. The average molecular weight is 480 g/mol. The van der Waals surface area contributed by atoms with E-state index < -0.39 is 11.9 Å². The van der Waals surface area contributed by atoms with E-state index in [1.54, 1.807) is 4.90 Å². The first-order valence-corrected chi connectivity index (χ1v) is 12.4. The van der Waals surface area contributed by atoms with Crippen molar-refractivity contribution in [1.29, 1.82) is 0 Å². The number of amides is 1. The van der Waals surface area contributed by atoms with Gasteiger partial charge < -0.3 is 14.9 Å². The van der Waals surface area contributed by atoms with Crippen LogP contribution in [0.3, 0.4) is 0 Å². The zero-order valence-electron chi connectivity index (χ0n) is 20.8. The van der Waals surface area contributed by atoms with Crippen molar-refractivity contribution >= 4 is 23.3 Å². The highest BCUT2D eigenvalue weighted by Gasteiger charge is 2.27. The molecule has 2 aliphatic heterocycles. The van der Waals surface area contributed by atoms with E-state index in [2.05, 4.69) is 33.7 Å². The minimum Gasteiger partial charge on any atom is -0.481 e. The van der Waals surface area contributed by atoms with Crippen molar-refractivity contribution in [2.24, 2.45) is 0 Å². The van der Waals surface area contributed by atoms with Crippen molar-refractivity contribution in [1.82, 2.24) is 19.6 Å². The number of benzene rings is 2. The molecule has 0 spiro atoms. The average Bonchev–Trinajstić information content (AvgIpc) is 2.86. The summed E-state index contributed by atoms with van der Waals surface area (Å²) >= 11 is 0. The van der Waals surface area contributed by atoms with Crippen molar-refractivity contribution in [2.75, 3.05) is 84.4 Å². The number of aliphatic carboxylic acids is 1. The molecule has 2 aromatic rings. The Hall–Kier alpha value is -2.78. The highest BCUT2D eigenvalue weighted by atomic mass is 16.4. The van der Waals surface area contributed by atoms with Gasteiger partial charge in [-0.2, -0.15) is 0 Å². The van der Waals surface area contributed by atoms with Crippen LogP contribution in [0.25, 0.3) is 0 Å². The first kappa shape index (κ1) is 25.3. The fourth-order valence-electron chi connectivity index (χ4n) is 4.78. The van der Waals surface area contributed by atoms with Crippen LogP contribution in [0.2, 0.25) is 0 Å². The van der Waals surface area contributed by atoms with Crippen LogP contribution in [-0.4, -0.2) is 116 Å².